The van der Waals surface area contributed by atoms with Crippen molar-refractivity contribution < 1.29 is 13.9 Å². The molecule has 6 heteroatoms. The second-order valence-electron chi connectivity index (χ2n) is 7.80. The minimum atomic E-state index is -0.513. The molecule has 0 unspecified atom stereocenters. The molecule has 0 bridgehead atoms. The van der Waals surface area contributed by atoms with Crippen molar-refractivity contribution >= 4 is 17.7 Å². The number of nitrogens with zero attached hydrogens (tertiary/aromatic N) is 2. The van der Waals surface area contributed by atoms with Gasteiger partial charge in [-0.2, -0.15) is 0 Å². The summed E-state index contributed by atoms with van der Waals surface area (Å²) in [6, 6.07) is 15.9. The minimum absolute atomic E-state index is 0.101. The van der Waals surface area contributed by atoms with Crippen LogP contribution in [0, 0.1) is 5.82 Å². The number of hydrogen-bond acceptors (Lipinski definition) is 4. The van der Waals surface area contributed by atoms with Gasteiger partial charge in [0.15, 0.2) is 11.6 Å². The van der Waals surface area contributed by atoms with Crippen molar-refractivity contribution in [3.05, 3.63) is 90.0 Å². The molecule has 164 valence electrons. The molecule has 1 fully saturated rings. The van der Waals surface area contributed by atoms with Gasteiger partial charge in [-0.1, -0.05) is 18.2 Å². The third-order valence-corrected chi connectivity index (χ3v) is 5.38. The van der Waals surface area contributed by atoms with Crippen molar-refractivity contribution in [1.29, 1.82) is 0 Å². The van der Waals surface area contributed by atoms with Gasteiger partial charge in [-0.15, -0.1) is 0 Å². The van der Waals surface area contributed by atoms with Crippen LogP contribution in [0.25, 0.3) is 6.08 Å². The summed E-state index contributed by atoms with van der Waals surface area (Å²) in [6.45, 7) is 3.48. The molecule has 1 amide bonds. The number of ether oxygens (including phenoxy) is 1. The maximum Gasteiger partial charge on any atom is 0.248 e. The van der Waals surface area contributed by atoms with Gasteiger partial charge in [0.2, 0.25) is 5.91 Å². The highest BCUT2D eigenvalue weighted by atomic mass is 19.1. The molecule has 4 rings (SSSR count). The van der Waals surface area contributed by atoms with Crippen LogP contribution in [0.5, 0.6) is 11.5 Å². The molecule has 0 spiro atoms. The average Bonchev–Trinajstić information content (AvgIpc) is 3.33. The first kappa shape index (κ1) is 21.7. The molecule has 1 aromatic heterocycles. The third-order valence-electron chi connectivity index (χ3n) is 5.38. The van der Waals surface area contributed by atoms with Crippen LogP contribution in [-0.2, 0) is 11.2 Å². The summed E-state index contributed by atoms with van der Waals surface area (Å²) in [5.74, 6) is -0.229. The van der Waals surface area contributed by atoms with Gasteiger partial charge in [-0.25, -0.2) is 4.39 Å². The minimum Gasteiger partial charge on any atom is -0.453 e. The molecule has 1 saturated heterocycles. The van der Waals surface area contributed by atoms with E-state index in [-0.39, 0.29) is 11.7 Å². The molecular weight excluding hydrogens is 405 g/mol. The van der Waals surface area contributed by atoms with Crippen molar-refractivity contribution in [3.63, 3.8) is 0 Å². The lowest BCUT2D eigenvalue weighted by Gasteiger charge is -2.14. The zero-order valence-electron chi connectivity index (χ0n) is 17.8. The smallest absolute Gasteiger partial charge is 0.248 e. The van der Waals surface area contributed by atoms with Gasteiger partial charge in [-0.05, 0) is 86.0 Å². The quantitative estimate of drug-likeness (QED) is 0.492. The molecule has 32 heavy (non-hydrogen) atoms. The predicted octanol–water partition coefficient (Wildman–Crippen LogP) is 5.30. The van der Waals surface area contributed by atoms with Crippen LogP contribution in [0.3, 0.4) is 0 Å². The van der Waals surface area contributed by atoms with E-state index in [4.69, 9.17) is 4.74 Å². The number of carbonyl (C=O) groups is 1. The normalized spacial score (nSPS) is 14.0. The fourth-order valence-electron chi connectivity index (χ4n) is 3.64. The Morgan fingerprint density at radius 1 is 1.12 bits per heavy atom. The molecule has 1 aliphatic heterocycles. The first-order valence-electron chi connectivity index (χ1n) is 10.8. The number of likely N-dealkylation sites (tertiary alicyclic amines) is 1. The number of pyridine rings is 1. The van der Waals surface area contributed by atoms with Gasteiger partial charge in [0.1, 0.15) is 5.75 Å². The number of anilines is 1. The molecule has 0 atom stereocenters. The molecule has 1 N–H and O–H groups in total. The number of rotatable bonds is 8. The molecular formula is C26H26FN3O2. The summed E-state index contributed by atoms with van der Waals surface area (Å²) in [5, 5.41) is 2.83. The summed E-state index contributed by atoms with van der Waals surface area (Å²) in [6.07, 6.45) is 9.70. The molecule has 2 aromatic carbocycles. The van der Waals surface area contributed by atoms with Gasteiger partial charge in [0, 0.05) is 24.5 Å². The summed E-state index contributed by atoms with van der Waals surface area (Å²) in [7, 11) is 0. The zero-order valence-corrected chi connectivity index (χ0v) is 17.8. The van der Waals surface area contributed by atoms with Crippen LogP contribution in [0.4, 0.5) is 10.1 Å². The number of amides is 1. The molecule has 0 saturated carbocycles. The summed E-state index contributed by atoms with van der Waals surface area (Å²) < 4.78 is 19.8. The highest BCUT2D eigenvalue weighted by Crippen LogP contribution is 2.25. The van der Waals surface area contributed by atoms with Crippen molar-refractivity contribution in [3.8, 4) is 11.5 Å². The first-order valence-corrected chi connectivity index (χ1v) is 10.8. The maximum absolute atomic E-state index is 14.3. The Bertz CT molecular complexity index is 1060. The standard InChI is InChI=1S/C26H26FN3O2/c27-24-18-21(7-11-25(24)32-23-4-3-14-28-19-23)8-12-26(31)29-22-9-5-20(6-10-22)13-17-30-15-1-2-16-30/h3-12,14,18-19H,1-2,13,15-17H2,(H,29,31)/b12-8+. The van der Waals surface area contributed by atoms with E-state index in [2.05, 4.69) is 15.2 Å². The van der Waals surface area contributed by atoms with Crippen LogP contribution in [0.1, 0.15) is 24.0 Å². The SMILES string of the molecule is O=C(/C=C/c1ccc(Oc2cccnc2)c(F)c1)Nc1ccc(CCN2CCCC2)cc1. The molecule has 0 aliphatic carbocycles. The fourth-order valence-corrected chi connectivity index (χ4v) is 3.64. The number of aromatic nitrogens is 1. The first-order chi connectivity index (χ1) is 15.7. The Morgan fingerprint density at radius 2 is 1.94 bits per heavy atom. The summed E-state index contributed by atoms with van der Waals surface area (Å²) >= 11 is 0. The number of halogens is 1. The largest absolute Gasteiger partial charge is 0.453 e. The number of hydrogen-bond donors (Lipinski definition) is 1. The van der Waals surface area contributed by atoms with Crippen LogP contribution >= 0.6 is 0 Å². The van der Waals surface area contributed by atoms with E-state index in [0.29, 0.717) is 11.3 Å². The van der Waals surface area contributed by atoms with Crippen molar-refractivity contribution in [2.45, 2.75) is 19.3 Å². The van der Waals surface area contributed by atoms with E-state index in [1.165, 1.54) is 55.9 Å². The van der Waals surface area contributed by atoms with E-state index in [1.807, 2.05) is 24.3 Å². The highest BCUT2D eigenvalue weighted by Gasteiger charge is 2.11. The maximum atomic E-state index is 14.3. The van der Waals surface area contributed by atoms with Gasteiger partial charge < -0.3 is 15.0 Å². The summed E-state index contributed by atoms with van der Waals surface area (Å²) in [4.78, 5) is 18.7. The lowest BCUT2D eigenvalue weighted by molar-refractivity contribution is -0.111. The van der Waals surface area contributed by atoms with Crippen LogP contribution in [0.2, 0.25) is 0 Å². The van der Waals surface area contributed by atoms with E-state index in [0.717, 1.165) is 18.7 Å². The van der Waals surface area contributed by atoms with Gasteiger partial charge in [0.05, 0.1) is 6.20 Å². The van der Waals surface area contributed by atoms with E-state index in [1.54, 1.807) is 30.5 Å². The summed E-state index contributed by atoms with van der Waals surface area (Å²) in [5.41, 5.74) is 2.55. The molecule has 3 aromatic rings. The molecule has 5 nitrogen and oxygen atoms in total. The van der Waals surface area contributed by atoms with Crippen LogP contribution in [-0.4, -0.2) is 35.4 Å². The predicted molar refractivity (Wildman–Crippen MR) is 124 cm³/mol. The number of carbonyl (C=O) groups excluding carboxylic acids is 1. The van der Waals surface area contributed by atoms with Gasteiger partial charge >= 0.3 is 0 Å². The fraction of sp³-hybridized carbons (Fsp3) is 0.231. The Balaban J connectivity index is 1.28. The second-order valence-corrected chi connectivity index (χ2v) is 7.80. The highest BCUT2D eigenvalue weighted by molar-refractivity contribution is 6.01. The van der Waals surface area contributed by atoms with Crippen molar-refractivity contribution in [2.24, 2.45) is 0 Å². The Morgan fingerprint density at radius 3 is 2.66 bits per heavy atom. The van der Waals surface area contributed by atoms with Crippen LogP contribution < -0.4 is 10.1 Å². The Labute approximate surface area is 187 Å². The Hall–Kier alpha value is -3.51. The van der Waals surface area contributed by atoms with Gasteiger partial charge in [0.25, 0.3) is 0 Å². The molecule has 2 heterocycles. The lowest BCUT2D eigenvalue weighted by atomic mass is 10.1. The third kappa shape index (κ3) is 6.25. The van der Waals surface area contributed by atoms with Gasteiger partial charge in [-0.3, -0.25) is 9.78 Å². The van der Waals surface area contributed by atoms with Crippen LogP contribution in [0.15, 0.2) is 73.1 Å². The van der Waals surface area contributed by atoms with Crippen molar-refractivity contribution in [2.75, 3.05) is 25.0 Å². The number of nitrogens with one attached hydrogen (secondary N) is 1. The average molecular weight is 432 g/mol. The van der Waals surface area contributed by atoms with E-state index < -0.39 is 5.82 Å². The van der Waals surface area contributed by atoms with Crippen molar-refractivity contribution in [1.82, 2.24) is 9.88 Å². The lowest BCUT2D eigenvalue weighted by Crippen LogP contribution is -2.21. The van der Waals surface area contributed by atoms with E-state index >= 15 is 0 Å². The topological polar surface area (TPSA) is 54.5 Å². The monoisotopic (exact) mass is 431 g/mol. The Kier molecular flexibility index (Phi) is 7.25. The second kappa shape index (κ2) is 10.7. The molecule has 0 radical (unpaired) electrons. The zero-order chi connectivity index (χ0) is 22.2. The van der Waals surface area contributed by atoms with E-state index in [9.17, 15) is 9.18 Å². The number of benzene rings is 2. The molecule has 1 aliphatic rings.